The van der Waals surface area contributed by atoms with Crippen LogP contribution < -0.4 is 0 Å². The Morgan fingerprint density at radius 2 is 1.68 bits per heavy atom. The highest BCUT2D eigenvalue weighted by Crippen LogP contribution is 2.21. The maximum atomic E-state index is 12.4. The summed E-state index contributed by atoms with van der Waals surface area (Å²) in [5, 5.41) is 3.92. The van der Waals surface area contributed by atoms with Gasteiger partial charge in [-0.1, -0.05) is 66.7 Å². The van der Waals surface area contributed by atoms with E-state index in [0.29, 0.717) is 17.9 Å². The second kappa shape index (κ2) is 6.39. The van der Waals surface area contributed by atoms with Crippen LogP contribution in [0.25, 0.3) is 11.3 Å². The number of carbonyl (C=O) groups is 1. The predicted molar refractivity (Wildman–Crippen MR) is 85.8 cm³/mol. The number of ketones is 1. The third kappa shape index (κ3) is 2.98. The molecule has 3 heteroatoms. The van der Waals surface area contributed by atoms with Crippen molar-refractivity contribution >= 4 is 5.78 Å². The van der Waals surface area contributed by atoms with E-state index in [0.717, 1.165) is 17.5 Å². The van der Waals surface area contributed by atoms with Gasteiger partial charge in [0.05, 0.1) is 0 Å². The summed E-state index contributed by atoms with van der Waals surface area (Å²) in [6.07, 6.45) is 1.27. The lowest BCUT2D eigenvalue weighted by molar-refractivity contribution is 0.0984. The van der Waals surface area contributed by atoms with Crippen molar-refractivity contribution < 1.29 is 9.32 Å². The van der Waals surface area contributed by atoms with Gasteiger partial charge in [-0.2, -0.15) is 0 Å². The van der Waals surface area contributed by atoms with Gasteiger partial charge in [-0.3, -0.25) is 4.79 Å². The molecule has 0 unspecified atom stereocenters. The number of Topliss-reactive ketones (excluding diaryl/α,β-unsaturated/α-hetero) is 1. The lowest BCUT2D eigenvalue weighted by Gasteiger charge is -2.05. The van der Waals surface area contributed by atoms with Crippen LogP contribution in [0.4, 0.5) is 0 Å². The zero-order valence-corrected chi connectivity index (χ0v) is 12.5. The van der Waals surface area contributed by atoms with Gasteiger partial charge in [-0.05, 0) is 17.5 Å². The quantitative estimate of drug-likeness (QED) is 0.657. The molecule has 0 aliphatic carbocycles. The highest BCUT2D eigenvalue weighted by Gasteiger charge is 2.15. The molecule has 0 radical (unpaired) electrons. The summed E-state index contributed by atoms with van der Waals surface area (Å²) in [5.74, 6) is 0.597. The fourth-order valence-electron chi connectivity index (χ4n) is 2.48. The molecule has 1 aromatic heterocycles. The van der Waals surface area contributed by atoms with Crippen LogP contribution in [-0.2, 0) is 12.8 Å². The van der Waals surface area contributed by atoms with Gasteiger partial charge in [0.25, 0.3) is 0 Å². The second-order valence-corrected chi connectivity index (χ2v) is 5.16. The van der Waals surface area contributed by atoms with Gasteiger partial charge in [0.15, 0.2) is 17.2 Å². The Hall–Kier alpha value is -2.68. The standard InChI is InChI=1S/C19H17NO2/c1-2-14-8-6-7-11-16(14)12-18(21)17-13-19(22-20-17)15-9-4-3-5-10-15/h3-11,13H,2,12H2,1H3. The smallest absolute Gasteiger partial charge is 0.189 e. The minimum atomic E-state index is -0.0215. The number of aromatic nitrogens is 1. The Kier molecular flexibility index (Phi) is 4.15. The highest BCUT2D eigenvalue weighted by molar-refractivity contribution is 5.96. The van der Waals surface area contributed by atoms with Crippen molar-refractivity contribution in [3.63, 3.8) is 0 Å². The number of hydrogen-bond donors (Lipinski definition) is 0. The van der Waals surface area contributed by atoms with Crippen molar-refractivity contribution in [2.75, 3.05) is 0 Å². The fourth-order valence-corrected chi connectivity index (χ4v) is 2.48. The zero-order valence-electron chi connectivity index (χ0n) is 12.5. The van der Waals surface area contributed by atoms with Crippen molar-refractivity contribution in [2.45, 2.75) is 19.8 Å². The third-order valence-corrected chi connectivity index (χ3v) is 3.70. The molecule has 22 heavy (non-hydrogen) atoms. The van der Waals surface area contributed by atoms with Crippen LogP contribution in [0, 0.1) is 0 Å². The van der Waals surface area contributed by atoms with Gasteiger partial charge in [-0.15, -0.1) is 0 Å². The first-order valence-electron chi connectivity index (χ1n) is 7.40. The van der Waals surface area contributed by atoms with Crippen LogP contribution in [0.5, 0.6) is 0 Å². The van der Waals surface area contributed by atoms with Crippen LogP contribution >= 0.6 is 0 Å². The van der Waals surface area contributed by atoms with Gasteiger partial charge in [-0.25, -0.2) is 0 Å². The predicted octanol–water partition coefficient (Wildman–Crippen LogP) is 4.33. The van der Waals surface area contributed by atoms with E-state index in [1.807, 2.05) is 48.5 Å². The Bertz CT molecular complexity index is 775. The number of hydrogen-bond acceptors (Lipinski definition) is 3. The molecule has 0 spiro atoms. The van der Waals surface area contributed by atoms with Gasteiger partial charge >= 0.3 is 0 Å². The van der Waals surface area contributed by atoms with Crippen molar-refractivity contribution in [3.8, 4) is 11.3 Å². The molecule has 0 aliphatic rings. The zero-order chi connectivity index (χ0) is 15.4. The van der Waals surface area contributed by atoms with Gasteiger partial charge < -0.3 is 4.52 Å². The molecule has 0 saturated heterocycles. The monoisotopic (exact) mass is 291 g/mol. The average Bonchev–Trinajstić information content (AvgIpc) is 3.06. The summed E-state index contributed by atoms with van der Waals surface area (Å²) in [6, 6.07) is 19.4. The summed E-state index contributed by atoms with van der Waals surface area (Å²) >= 11 is 0. The minimum Gasteiger partial charge on any atom is -0.356 e. The molecule has 0 N–H and O–H groups in total. The van der Waals surface area contributed by atoms with E-state index in [1.54, 1.807) is 6.07 Å². The molecule has 0 atom stereocenters. The van der Waals surface area contributed by atoms with Crippen molar-refractivity contribution in [2.24, 2.45) is 0 Å². The SMILES string of the molecule is CCc1ccccc1CC(=O)c1cc(-c2ccccc2)on1. The van der Waals surface area contributed by atoms with Crippen molar-refractivity contribution in [1.82, 2.24) is 5.16 Å². The van der Waals surface area contributed by atoms with E-state index in [4.69, 9.17) is 4.52 Å². The van der Waals surface area contributed by atoms with E-state index in [-0.39, 0.29) is 5.78 Å². The molecular formula is C19H17NO2. The van der Waals surface area contributed by atoms with E-state index in [2.05, 4.69) is 18.1 Å². The molecule has 0 amide bonds. The largest absolute Gasteiger partial charge is 0.356 e. The number of benzene rings is 2. The number of nitrogens with zero attached hydrogens (tertiary/aromatic N) is 1. The molecule has 0 bridgehead atoms. The molecule has 3 nitrogen and oxygen atoms in total. The van der Waals surface area contributed by atoms with Crippen LogP contribution in [-0.4, -0.2) is 10.9 Å². The molecule has 2 aromatic carbocycles. The summed E-state index contributed by atoms with van der Waals surface area (Å²) in [7, 11) is 0. The van der Waals surface area contributed by atoms with Crippen LogP contribution in [0.2, 0.25) is 0 Å². The molecule has 0 fully saturated rings. The third-order valence-electron chi connectivity index (χ3n) is 3.70. The van der Waals surface area contributed by atoms with Gasteiger partial charge in [0.1, 0.15) is 0 Å². The van der Waals surface area contributed by atoms with E-state index < -0.39 is 0 Å². The van der Waals surface area contributed by atoms with Gasteiger partial charge in [0.2, 0.25) is 0 Å². The maximum absolute atomic E-state index is 12.4. The molecule has 3 rings (SSSR count). The molecular weight excluding hydrogens is 274 g/mol. The number of rotatable bonds is 5. The topological polar surface area (TPSA) is 43.1 Å². The lowest BCUT2D eigenvalue weighted by Crippen LogP contribution is -2.05. The number of aryl methyl sites for hydroxylation is 1. The molecule has 1 heterocycles. The Morgan fingerprint density at radius 1 is 1.00 bits per heavy atom. The first-order chi connectivity index (χ1) is 10.8. The molecule has 0 saturated carbocycles. The summed E-state index contributed by atoms with van der Waals surface area (Å²) < 4.78 is 5.30. The lowest BCUT2D eigenvalue weighted by atomic mass is 9.99. The first kappa shape index (κ1) is 14.3. The molecule has 0 aliphatic heterocycles. The van der Waals surface area contributed by atoms with E-state index in [1.165, 1.54) is 5.56 Å². The molecule has 3 aromatic rings. The fraction of sp³-hybridized carbons (Fsp3) is 0.158. The van der Waals surface area contributed by atoms with Gasteiger partial charge in [0, 0.05) is 18.1 Å². The van der Waals surface area contributed by atoms with Crippen LogP contribution in [0.15, 0.2) is 65.2 Å². The minimum absolute atomic E-state index is 0.0215. The first-order valence-corrected chi connectivity index (χ1v) is 7.40. The summed E-state index contributed by atoms with van der Waals surface area (Å²) in [4.78, 5) is 12.4. The normalized spacial score (nSPS) is 10.6. The van der Waals surface area contributed by atoms with Crippen molar-refractivity contribution in [1.29, 1.82) is 0 Å². The molecule has 110 valence electrons. The Balaban J connectivity index is 1.80. The van der Waals surface area contributed by atoms with Crippen LogP contribution in [0.1, 0.15) is 28.5 Å². The van der Waals surface area contributed by atoms with Crippen molar-refractivity contribution in [3.05, 3.63) is 77.5 Å². The van der Waals surface area contributed by atoms with Crippen LogP contribution in [0.3, 0.4) is 0 Å². The Labute approximate surface area is 129 Å². The highest BCUT2D eigenvalue weighted by atomic mass is 16.5. The average molecular weight is 291 g/mol. The summed E-state index contributed by atoms with van der Waals surface area (Å²) in [5.41, 5.74) is 3.55. The second-order valence-electron chi connectivity index (χ2n) is 5.16. The summed E-state index contributed by atoms with van der Waals surface area (Å²) in [6.45, 7) is 2.09. The van der Waals surface area contributed by atoms with E-state index >= 15 is 0 Å². The maximum Gasteiger partial charge on any atom is 0.189 e. The number of carbonyl (C=O) groups excluding carboxylic acids is 1. The Morgan fingerprint density at radius 3 is 2.41 bits per heavy atom. The van der Waals surface area contributed by atoms with E-state index in [9.17, 15) is 4.79 Å².